The fourth-order valence-electron chi connectivity index (χ4n) is 2.94. The molecule has 0 amide bonds. The molecule has 1 aliphatic carbocycles. The monoisotopic (exact) mass is 258 g/mol. The number of methoxy groups -OCH3 is 2. The van der Waals surface area contributed by atoms with Crippen LogP contribution in [-0.2, 0) is 9.47 Å². The summed E-state index contributed by atoms with van der Waals surface area (Å²) in [5.74, 6) is 5.76. The van der Waals surface area contributed by atoms with Crippen LogP contribution in [-0.4, -0.2) is 31.5 Å². The highest BCUT2D eigenvalue weighted by atomic mass is 16.5. The molecule has 108 valence electrons. The van der Waals surface area contributed by atoms with Gasteiger partial charge in [-0.2, -0.15) is 0 Å². The lowest BCUT2D eigenvalue weighted by molar-refractivity contribution is -0.0757. The Labute approximate surface area is 112 Å². The van der Waals surface area contributed by atoms with Crippen molar-refractivity contribution in [3.8, 4) is 0 Å². The van der Waals surface area contributed by atoms with E-state index < -0.39 is 0 Å². The maximum absolute atomic E-state index is 5.85. The molecule has 1 rings (SSSR count). The van der Waals surface area contributed by atoms with Crippen LogP contribution in [0.5, 0.6) is 0 Å². The number of hydrogen-bond acceptors (Lipinski definition) is 4. The molecular weight excluding hydrogens is 228 g/mol. The number of nitrogens with one attached hydrogen (secondary N) is 1. The summed E-state index contributed by atoms with van der Waals surface area (Å²) in [5.41, 5.74) is 2.79. The van der Waals surface area contributed by atoms with E-state index in [2.05, 4.69) is 19.3 Å². The first-order valence-corrected chi connectivity index (χ1v) is 7.06. The highest BCUT2D eigenvalue weighted by Crippen LogP contribution is 2.36. The van der Waals surface area contributed by atoms with Gasteiger partial charge in [-0.05, 0) is 39.5 Å². The molecule has 18 heavy (non-hydrogen) atoms. The molecule has 1 fully saturated rings. The van der Waals surface area contributed by atoms with E-state index in [4.69, 9.17) is 15.3 Å². The predicted octanol–water partition coefficient (Wildman–Crippen LogP) is 2.37. The standard InChI is InChI=1S/C14H30N2O2/c1-13(2,17-3)11-8-12(16-15)14(18-4)9-6-5-7-10-14/h12,16H,5-11,15H2,1-4H3. The summed E-state index contributed by atoms with van der Waals surface area (Å²) in [6, 6.07) is 0.206. The first-order chi connectivity index (χ1) is 8.49. The third kappa shape index (κ3) is 3.92. The smallest absolute Gasteiger partial charge is 0.0844 e. The Hall–Kier alpha value is -0.160. The molecule has 0 saturated heterocycles. The third-order valence-corrected chi connectivity index (χ3v) is 4.53. The Morgan fingerprint density at radius 1 is 1.22 bits per heavy atom. The Morgan fingerprint density at radius 2 is 1.83 bits per heavy atom. The zero-order chi connectivity index (χ0) is 13.6. The van der Waals surface area contributed by atoms with Gasteiger partial charge in [-0.15, -0.1) is 0 Å². The second-order valence-electron chi connectivity index (χ2n) is 6.05. The van der Waals surface area contributed by atoms with Crippen LogP contribution < -0.4 is 11.3 Å². The van der Waals surface area contributed by atoms with Crippen molar-refractivity contribution in [2.45, 2.75) is 76.0 Å². The second kappa shape index (κ2) is 6.85. The van der Waals surface area contributed by atoms with Crippen molar-refractivity contribution in [3.63, 3.8) is 0 Å². The SMILES string of the molecule is COC(C)(C)CCC(NN)C1(OC)CCCCC1. The zero-order valence-electron chi connectivity index (χ0n) is 12.4. The summed E-state index contributed by atoms with van der Waals surface area (Å²) < 4.78 is 11.3. The van der Waals surface area contributed by atoms with E-state index in [9.17, 15) is 0 Å². The molecule has 0 aliphatic heterocycles. The minimum absolute atomic E-state index is 0.0865. The van der Waals surface area contributed by atoms with Crippen LogP contribution >= 0.6 is 0 Å². The third-order valence-electron chi connectivity index (χ3n) is 4.53. The molecule has 0 aromatic carbocycles. The van der Waals surface area contributed by atoms with Crippen LogP contribution in [0.2, 0.25) is 0 Å². The Kier molecular flexibility index (Phi) is 6.05. The molecule has 4 heteroatoms. The molecule has 0 heterocycles. The van der Waals surface area contributed by atoms with Crippen molar-refractivity contribution in [3.05, 3.63) is 0 Å². The molecule has 1 aliphatic rings. The van der Waals surface area contributed by atoms with Gasteiger partial charge >= 0.3 is 0 Å². The van der Waals surface area contributed by atoms with Crippen molar-refractivity contribution in [2.24, 2.45) is 5.84 Å². The minimum Gasteiger partial charge on any atom is -0.379 e. The summed E-state index contributed by atoms with van der Waals surface area (Å²) in [6.07, 6.45) is 7.94. The van der Waals surface area contributed by atoms with Crippen LogP contribution in [0.4, 0.5) is 0 Å². The van der Waals surface area contributed by atoms with E-state index in [1.165, 1.54) is 19.3 Å². The molecule has 0 aromatic rings. The molecule has 0 bridgehead atoms. The van der Waals surface area contributed by atoms with Crippen LogP contribution in [0.1, 0.15) is 58.8 Å². The minimum atomic E-state index is -0.0985. The molecule has 3 N–H and O–H groups in total. The second-order valence-corrected chi connectivity index (χ2v) is 6.05. The molecule has 1 saturated carbocycles. The van der Waals surface area contributed by atoms with Gasteiger partial charge in [0.1, 0.15) is 0 Å². The van der Waals surface area contributed by atoms with Gasteiger partial charge in [0, 0.05) is 14.2 Å². The molecule has 4 nitrogen and oxygen atoms in total. The Morgan fingerprint density at radius 3 is 2.28 bits per heavy atom. The van der Waals surface area contributed by atoms with Crippen molar-refractivity contribution in [1.29, 1.82) is 0 Å². The number of hydrogen-bond donors (Lipinski definition) is 2. The fraction of sp³-hybridized carbons (Fsp3) is 1.00. The molecule has 0 radical (unpaired) electrons. The molecule has 1 atom stereocenters. The predicted molar refractivity (Wildman–Crippen MR) is 74.3 cm³/mol. The first-order valence-electron chi connectivity index (χ1n) is 7.06. The lowest BCUT2D eigenvalue weighted by atomic mass is 9.77. The number of hydrazine groups is 1. The molecule has 0 spiro atoms. The summed E-state index contributed by atoms with van der Waals surface area (Å²) in [5, 5.41) is 0. The van der Waals surface area contributed by atoms with E-state index in [0.717, 1.165) is 25.7 Å². The zero-order valence-corrected chi connectivity index (χ0v) is 12.4. The molecule has 0 aromatic heterocycles. The fourth-order valence-corrected chi connectivity index (χ4v) is 2.94. The molecule has 1 unspecified atom stereocenters. The number of rotatable bonds is 7. The Balaban J connectivity index is 2.62. The summed E-state index contributed by atoms with van der Waals surface area (Å²) in [7, 11) is 3.58. The van der Waals surface area contributed by atoms with Crippen LogP contribution in [0.3, 0.4) is 0 Å². The van der Waals surface area contributed by atoms with E-state index in [-0.39, 0.29) is 17.2 Å². The lowest BCUT2D eigenvalue weighted by Crippen LogP contribution is -2.55. The maximum Gasteiger partial charge on any atom is 0.0844 e. The topological polar surface area (TPSA) is 56.5 Å². The normalized spacial score (nSPS) is 21.8. The summed E-state index contributed by atoms with van der Waals surface area (Å²) in [4.78, 5) is 0. The first kappa shape index (κ1) is 15.9. The lowest BCUT2D eigenvalue weighted by Gasteiger charge is -2.43. The van der Waals surface area contributed by atoms with Crippen LogP contribution in [0, 0.1) is 0 Å². The van der Waals surface area contributed by atoms with E-state index in [0.29, 0.717) is 0 Å². The molecular formula is C14H30N2O2. The highest BCUT2D eigenvalue weighted by Gasteiger charge is 2.40. The largest absolute Gasteiger partial charge is 0.379 e. The highest BCUT2D eigenvalue weighted by molar-refractivity contribution is 4.95. The maximum atomic E-state index is 5.85. The summed E-state index contributed by atoms with van der Waals surface area (Å²) >= 11 is 0. The van der Waals surface area contributed by atoms with Gasteiger partial charge in [-0.3, -0.25) is 11.3 Å². The number of nitrogens with two attached hydrogens (primary N) is 1. The van der Waals surface area contributed by atoms with Gasteiger partial charge in [0.25, 0.3) is 0 Å². The van der Waals surface area contributed by atoms with Gasteiger partial charge in [0.2, 0.25) is 0 Å². The average Bonchev–Trinajstić information content (AvgIpc) is 2.40. The van der Waals surface area contributed by atoms with Crippen molar-refractivity contribution >= 4 is 0 Å². The van der Waals surface area contributed by atoms with Gasteiger partial charge in [0.05, 0.1) is 17.2 Å². The quantitative estimate of drug-likeness (QED) is 0.544. The van der Waals surface area contributed by atoms with Gasteiger partial charge in [-0.25, -0.2) is 0 Å². The van der Waals surface area contributed by atoms with Crippen LogP contribution in [0.25, 0.3) is 0 Å². The van der Waals surface area contributed by atoms with Crippen molar-refractivity contribution in [1.82, 2.24) is 5.43 Å². The van der Waals surface area contributed by atoms with Crippen molar-refractivity contribution in [2.75, 3.05) is 14.2 Å². The van der Waals surface area contributed by atoms with Gasteiger partial charge < -0.3 is 9.47 Å². The van der Waals surface area contributed by atoms with E-state index in [1.54, 1.807) is 7.11 Å². The van der Waals surface area contributed by atoms with Crippen LogP contribution in [0.15, 0.2) is 0 Å². The average molecular weight is 258 g/mol. The van der Waals surface area contributed by atoms with E-state index in [1.807, 2.05) is 7.11 Å². The number of ether oxygens (including phenoxy) is 2. The van der Waals surface area contributed by atoms with Crippen molar-refractivity contribution < 1.29 is 9.47 Å². The Bertz CT molecular complexity index is 238. The summed E-state index contributed by atoms with van der Waals surface area (Å²) in [6.45, 7) is 4.22. The van der Waals surface area contributed by atoms with Gasteiger partial charge in [-0.1, -0.05) is 19.3 Å². The van der Waals surface area contributed by atoms with Gasteiger partial charge in [0.15, 0.2) is 0 Å². The van der Waals surface area contributed by atoms with E-state index >= 15 is 0 Å².